The lowest BCUT2D eigenvalue weighted by Crippen LogP contribution is -2.27. The van der Waals surface area contributed by atoms with Crippen molar-refractivity contribution in [2.75, 3.05) is 6.54 Å². The first kappa shape index (κ1) is 12.0. The Kier molecular flexibility index (Phi) is 5.17. The summed E-state index contributed by atoms with van der Waals surface area (Å²) in [6, 6.07) is 10.3. The number of nitrogens with zero attached hydrogens (tertiary/aromatic N) is 1. The zero-order valence-electron chi connectivity index (χ0n) is 8.83. The number of hydrogen-bond acceptors (Lipinski definition) is 2. The van der Waals surface area contributed by atoms with E-state index in [1.807, 2.05) is 31.2 Å². The van der Waals surface area contributed by atoms with Gasteiger partial charge in [0.1, 0.15) is 0 Å². The fourth-order valence-corrected chi connectivity index (χ4v) is 1.45. The van der Waals surface area contributed by atoms with Crippen LogP contribution in [0.1, 0.15) is 18.9 Å². The molecule has 3 heteroatoms. The number of rotatable bonds is 5. The van der Waals surface area contributed by atoms with E-state index in [4.69, 9.17) is 16.9 Å². The second-order valence-electron chi connectivity index (χ2n) is 3.59. The number of halogens is 1. The number of benzene rings is 1. The van der Waals surface area contributed by atoms with Crippen LogP contribution in [-0.4, -0.2) is 12.6 Å². The van der Waals surface area contributed by atoms with Gasteiger partial charge in [-0.2, -0.15) is 5.26 Å². The molecule has 1 N–H and O–H groups in total. The Morgan fingerprint density at radius 1 is 1.40 bits per heavy atom. The van der Waals surface area contributed by atoms with Gasteiger partial charge in [0.15, 0.2) is 0 Å². The van der Waals surface area contributed by atoms with E-state index in [2.05, 4.69) is 11.4 Å². The molecule has 1 aromatic carbocycles. The molecule has 1 atom stereocenters. The first-order valence-electron chi connectivity index (χ1n) is 5.07. The van der Waals surface area contributed by atoms with Crippen molar-refractivity contribution < 1.29 is 0 Å². The first-order chi connectivity index (χ1) is 7.22. The smallest absolute Gasteiger partial charge is 0.0638 e. The highest BCUT2D eigenvalue weighted by atomic mass is 35.5. The molecule has 0 bridgehead atoms. The Bertz CT molecular complexity index is 326. The lowest BCUT2D eigenvalue weighted by molar-refractivity contribution is 0.560. The number of nitriles is 1. The van der Waals surface area contributed by atoms with E-state index in [1.54, 1.807) is 0 Å². The number of nitrogens with one attached hydrogen (secondary N) is 1. The standard InChI is InChI=1S/C12H15ClN2/c1-10(6-8-14)15-9-7-11-2-4-12(13)5-3-11/h2-5,10,15H,6-7,9H2,1H3. The third kappa shape index (κ3) is 4.83. The minimum absolute atomic E-state index is 0.266. The van der Waals surface area contributed by atoms with Gasteiger partial charge in [0.25, 0.3) is 0 Å². The molecule has 15 heavy (non-hydrogen) atoms. The Morgan fingerprint density at radius 3 is 2.67 bits per heavy atom. The molecule has 0 spiro atoms. The molecular weight excluding hydrogens is 208 g/mol. The minimum Gasteiger partial charge on any atom is -0.313 e. The summed E-state index contributed by atoms with van der Waals surface area (Å²) in [4.78, 5) is 0. The van der Waals surface area contributed by atoms with E-state index in [1.165, 1.54) is 5.56 Å². The van der Waals surface area contributed by atoms with Crippen molar-refractivity contribution in [2.24, 2.45) is 0 Å². The van der Waals surface area contributed by atoms with Gasteiger partial charge in [-0.15, -0.1) is 0 Å². The molecule has 0 amide bonds. The van der Waals surface area contributed by atoms with Gasteiger partial charge in [0, 0.05) is 11.1 Å². The van der Waals surface area contributed by atoms with Crippen molar-refractivity contribution in [2.45, 2.75) is 25.8 Å². The predicted octanol–water partition coefficient (Wildman–Crippen LogP) is 2.77. The topological polar surface area (TPSA) is 35.8 Å². The van der Waals surface area contributed by atoms with E-state index in [9.17, 15) is 0 Å². The van der Waals surface area contributed by atoms with Crippen LogP contribution < -0.4 is 5.32 Å². The average molecular weight is 223 g/mol. The zero-order valence-corrected chi connectivity index (χ0v) is 9.59. The summed E-state index contributed by atoms with van der Waals surface area (Å²) in [6.07, 6.45) is 1.52. The lowest BCUT2D eigenvalue weighted by atomic mass is 10.1. The molecule has 0 saturated carbocycles. The number of hydrogen-bond donors (Lipinski definition) is 1. The van der Waals surface area contributed by atoms with Crippen LogP contribution in [0, 0.1) is 11.3 Å². The highest BCUT2D eigenvalue weighted by molar-refractivity contribution is 6.30. The van der Waals surface area contributed by atoms with Crippen LogP contribution in [0.15, 0.2) is 24.3 Å². The third-order valence-electron chi connectivity index (χ3n) is 2.22. The average Bonchev–Trinajstić information content (AvgIpc) is 2.21. The van der Waals surface area contributed by atoms with Crippen LogP contribution in [0.2, 0.25) is 5.02 Å². The lowest BCUT2D eigenvalue weighted by Gasteiger charge is -2.09. The van der Waals surface area contributed by atoms with Gasteiger partial charge in [-0.25, -0.2) is 0 Å². The fraction of sp³-hybridized carbons (Fsp3) is 0.417. The minimum atomic E-state index is 0.266. The van der Waals surface area contributed by atoms with Crippen molar-refractivity contribution in [3.63, 3.8) is 0 Å². The van der Waals surface area contributed by atoms with Crippen molar-refractivity contribution in [1.29, 1.82) is 5.26 Å². The summed E-state index contributed by atoms with van der Waals surface area (Å²) < 4.78 is 0. The maximum atomic E-state index is 8.48. The summed E-state index contributed by atoms with van der Waals surface area (Å²) in [6.45, 7) is 2.91. The van der Waals surface area contributed by atoms with Crippen molar-refractivity contribution in [1.82, 2.24) is 5.32 Å². The molecule has 0 radical (unpaired) electrons. The molecule has 0 aromatic heterocycles. The van der Waals surface area contributed by atoms with Crippen LogP contribution in [0.25, 0.3) is 0 Å². The molecule has 2 nitrogen and oxygen atoms in total. The summed E-state index contributed by atoms with van der Waals surface area (Å²) in [5.41, 5.74) is 1.26. The Labute approximate surface area is 95.9 Å². The van der Waals surface area contributed by atoms with Crippen molar-refractivity contribution in [3.8, 4) is 6.07 Å². The maximum absolute atomic E-state index is 8.48. The SMILES string of the molecule is CC(CC#N)NCCc1ccc(Cl)cc1. The second kappa shape index (κ2) is 6.44. The highest BCUT2D eigenvalue weighted by Gasteiger charge is 1.99. The molecule has 0 aliphatic carbocycles. The van der Waals surface area contributed by atoms with E-state index in [0.717, 1.165) is 18.0 Å². The summed E-state index contributed by atoms with van der Waals surface area (Å²) >= 11 is 5.79. The predicted molar refractivity (Wildman–Crippen MR) is 62.9 cm³/mol. The van der Waals surface area contributed by atoms with Crippen molar-refractivity contribution >= 4 is 11.6 Å². The van der Waals surface area contributed by atoms with Crippen LogP contribution in [0.3, 0.4) is 0 Å². The third-order valence-corrected chi connectivity index (χ3v) is 2.47. The monoisotopic (exact) mass is 222 g/mol. The molecule has 0 aliphatic rings. The fourth-order valence-electron chi connectivity index (χ4n) is 1.32. The molecule has 1 aromatic rings. The summed E-state index contributed by atoms with van der Waals surface area (Å²) in [5.74, 6) is 0. The Morgan fingerprint density at radius 2 is 2.07 bits per heavy atom. The largest absolute Gasteiger partial charge is 0.313 e. The van der Waals surface area contributed by atoms with E-state index < -0.39 is 0 Å². The molecule has 1 unspecified atom stereocenters. The normalized spacial score (nSPS) is 12.1. The van der Waals surface area contributed by atoms with Gasteiger partial charge in [-0.1, -0.05) is 23.7 Å². The Balaban J connectivity index is 2.26. The van der Waals surface area contributed by atoms with Gasteiger partial charge in [-0.3, -0.25) is 0 Å². The van der Waals surface area contributed by atoms with E-state index in [-0.39, 0.29) is 6.04 Å². The summed E-state index contributed by atoms with van der Waals surface area (Å²) in [5, 5.41) is 12.5. The van der Waals surface area contributed by atoms with Gasteiger partial charge in [-0.05, 0) is 37.6 Å². The summed E-state index contributed by atoms with van der Waals surface area (Å²) in [7, 11) is 0. The Hall–Kier alpha value is -1.04. The molecule has 0 aliphatic heterocycles. The second-order valence-corrected chi connectivity index (χ2v) is 4.03. The van der Waals surface area contributed by atoms with Crippen LogP contribution in [0.4, 0.5) is 0 Å². The quantitative estimate of drug-likeness (QED) is 0.832. The molecule has 0 fully saturated rings. The van der Waals surface area contributed by atoms with Crippen molar-refractivity contribution in [3.05, 3.63) is 34.9 Å². The van der Waals surface area contributed by atoms with Gasteiger partial charge < -0.3 is 5.32 Å². The van der Waals surface area contributed by atoms with Gasteiger partial charge in [0.05, 0.1) is 12.5 Å². The van der Waals surface area contributed by atoms with Crippen LogP contribution in [0.5, 0.6) is 0 Å². The van der Waals surface area contributed by atoms with Gasteiger partial charge >= 0.3 is 0 Å². The maximum Gasteiger partial charge on any atom is 0.0638 e. The molecular formula is C12H15ClN2. The first-order valence-corrected chi connectivity index (χ1v) is 5.45. The zero-order chi connectivity index (χ0) is 11.1. The van der Waals surface area contributed by atoms with Crippen LogP contribution in [-0.2, 0) is 6.42 Å². The molecule has 0 heterocycles. The molecule has 1 rings (SSSR count). The highest BCUT2D eigenvalue weighted by Crippen LogP contribution is 2.09. The van der Waals surface area contributed by atoms with Gasteiger partial charge in [0.2, 0.25) is 0 Å². The molecule has 0 saturated heterocycles. The van der Waals surface area contributed by atoms with E-state index in [0.29, 0.717) is 6.42 Å². The van der Waals surface area contributed by atoms with Crippen LogP contribution >= 0.6 is 11.6 Å². The molecule has 80 valence electrons. The van der Waals surface area contributed by atoms with E-state index >= 15 is 0 Å².